The number of hydrogen-bond acceptors (Lipinski definition) is 4. The summed E-state index contributed by atoms with van der Waals surface area (Å²) in [4.78, 5) is 0. The highest BCUT2D eigenvalue weighted by Crippen LogP contribution is 2.16. The van der Waals surface area contributed by atoms with Crippen molar-refractivity contribution in [2.75, 3.05) is 7.11 Å². The van der Waals surface area contributed by atoms with Crippen LogP contribution in [0.15, 0.2) is 29.8 Å². The quantitative estimate of drug-likeness (QED) is 0.610. The molecule has 0 saturated carbocycles. The molecule has 0 aliphatic rings. The Morgan fingerprint density at radius 2 is 2.25 bits per heavy atom. The monoisotopic (exact) mass is 214 g/mol. The van der Waals surface area contributed by atoms with Gasteiger partial charge in [0, 0.05) is 0 Å². The van der Waals surface area contributed by atoms with Gasteiger partial charge in [-0.25, -0.2) is 0 Å². The summed E-state index contributed by atoms with van der Waals surface area (Å²) in [5, 5.41) is 26.5. The third-order valence-electron chi connectivity index (χ3n) is 1.96. The smallest absolute Gasteiger partial charge is 0.175 e. The highest BCUT2D eigenvalue weighted by Gasteiger charge is 2.08. The number of benzene rings is 1. The second-order valence-electron chi connectivity index (χ2n) is 3.02. The van der Waals surface area contributed by atoms with Crippen LogP contribution < -0.4 is 4.74 Å². The Bertz CT molecular complexity index is 481. The SMILES string of the molecule is COc1cccc(C=C(C#N)C(O)C#N)c1. The molecule has 0 heterocycles. The molecule has 0 aliphatic carbocycles. The summed E-state index contributed by atoms with van der Waals surface area (Å²) >= 11 is 0. The zero-order chi connectivity index (χ0) is 12.0. The first-order chi connectivity index (χ1) is 7.71. The largest absolute Gasteiger partial charge is 0.497 e. The topological polar surface area (TPSA) is 77.0 Å². The van der Waals surface area contributed by atoms with Gasteiger partial charge in [-0.1, -0.05) is 12.1 Å². The van der Waals surface area contributed by atoms with Crippen molar-refractivity contribution in [2.24, 2.45) is 0 Å². The molecule has 1 atom stereocenters. The zero-order valence-corrected chi connectivity index (χ0v) is 8.71. The molecule has 80 valence electrons. The lowest BCUT2D eigenvalue weighted by molar-refractivity contribution is 0.271. The van der Waals surface area contributed by atoms with Crippen molar-refractivity contribution in [3.05, 3.63) is 35.4 Å². The Labute approximate surface area is 93.6 Å². The van der Waals surface area contributed by atoms with Crippen LogP contribution in [-0.4, -0.2) is 18.3 Å². The number of methoxy groups -OCH3 is 1. The van der Waals surface area contributed by atoms with Gasteiger partial charge in [0.1, 0.15) is 5.75 Å². The molecule has 0 radical (unpaired) electrons. The molecule has 4 heteroatoms. The molecule has 0 saturated heterocycles. The standard InChI is InChI=1S/C12H10N2O2/c1-16-11-4-2-3-9(6-11)5-10(7-13)12(15)8-14/h2-6,12,15H,1H3. The summed E-state index contributed by atoms with van der Waals surface area (Å²) < 4.78 is 5.02. The van der Waals surface area contributed by atoms with E-state index in [4.69, 9.17) is 15.3 Å². The first-order valence-corrected chi connectivity index (χ1v) is 4.54. The molecular weight excluding hydrogens is 204 g/mol. The van der Waals surface area contributed by atoms with Crippen LogP contribution in [-0.2, 0) is 0 Å². The summed E-state index contributed by atoms with van der Waals surface area (Å²) in [7, 11) is 1.54. The summed E-state index contributed by atoms with van der Waals surface area (Å²) in [6.07, 6.45) is 0.0624. The van der Waals surface area contributed by atoms with Crippen LogP contribution in [0.2, 0.25) is 0 Å². The van der Waals surface area contributed by atoms with E-state index in [2.05, 4.69) is 0 Å². The van der Waals surface area contributed by atoms with Gasteiger partial charge in [-0.3, -0.25) is 0 Å². The summed E-state index contributed by atoms with van der Waals surface area (Å²) in [6, 6.07) is 10.4. The van der Waals surface area contributed by atoms with Gasteiger partial charge in [0.25, 0.3) is 0 Å². The molecule has 0 aliphatic heterocycles. The van der Waals surface area contributed by atoms with Crippen molar-refractivity contribution in [1.29, 1.82) is 10.5 Å². The maximum Gasteiger partial charge on any atom is 0.175 e. The second-order valence-corrected chi connectivity index (χ2v) is 3.02. The van der Waals surface area contributed by atoms with Crippen LogP contribution in [0.5, 0.6) is 5.75 Å². The molecule has 0 spiro atoms. The van der Waals surface area contributed by atoms with Crippen molar-refractivity contribution >= 4 is 6.08 Å². The number of nitrogens with zero attached hydrogens (tertiary/aromatic N) is 2. The number of aliphatic hydroxyl groups excluding tert-OH is 1. The number of rotatable bonds is 3. The first kappa shape index (κ1) is 11.8. The third-order valence-corrected chi connectivity index (χ3v) is 1.96. The molecule has 0 bridgehead atoms. The summed E-state index contributed by atoms with van der Waals surface area (Å²) in [5.74, 6) is 0.650. The van der Waals surface area contributed by atoms with Crippen molar-refractivity contribution in [2.45, 2.75) is 6.10 Å². The first-order valence-electron chi connectivity index (χ1n) is 4.54. The molecule has 1 aromatic rings. The molecule has 1 aromatic carbocycles. The normalized spacial score (nSPS) is 12.4. The van der Waals surface area contributed by atoms with Gasteiger partial charge in [0.05, 0.1) is 24.8 Å². The number of ether oxygens (including phenoxy) is 1. The maximum absolute atomic E-state index is 9.22. The molecule has 1 unspecified atom stereocenters. The van der Waals surface area contributed by atoms with E-state index in [9.17, 15) is 5.11 Å². The molecular formula is C12H10N2O2. The number of aliphatic hydroxyl groups is 1. The second kappa shape index (κ2) is 5.55. The van der Waals surface area contributed by atoms with E-state index in [0.717, 1.165) is 0 Å². The van der Waals surface area contributed by atoms with E-state index in [0.29, 0.717) is 11.3 Å². The molecule has 16 heavy (non-hydrogen) atoms. The minimum absolute atomic E-state index is 0.00996. The average Bonchev–Trinajstić information content (AvgIpc) is 2.35. The zero-order valence-electron chi connectivity index (χ0n) is 8.71. The van der Waals surface area contributed by atoms with Crippen molar-refractivity contribution in [3.8, 4) is 17.9 Å². The highest BCUT2D eigenvalue weighted by molar-refractivity contribution is 5.60. The van der Waals surface area contributed by atoms with Crippen LogP contribution >= 0.6 is 0 Å². The van der Waals surface area contributed by atoms with Crippen molar-refractivity contribution in [1.82, 2.24) is 0 Å². The van der Waals surface area contributed by atoms with Crippen molar-refractivity contribution in [3.63, 3.8) is 0 Å². The molecule has 1 rings (SSSR count). The predicted octanol–water partition coefficient (Wildman–Crippen LogP) is 1.49. The van der Waals surface area contributed by atoms with Gasteiger partial charge in [-0.15, -0.1) is 0 Å². The Balaban J connectivity index is 3.06. The number of nitriles is 2. The Morgan fingerprint density at radius 1 is 1.50 bits per heavy atom. The van der Waals surface area contributed by atoms with Crippen LogP contribution in [0.4, 0.5) is 0 Å². The molecule has 1 N–H and O–H groups in total. The van der Waals surface area contributed by atoms with E-state index in [1.807, 2.05) is 0 Å². The van der Waals surface area contributed by atoms with Gasteiger partial charge in [-0.05, 0) is 23.8 Å². The van der Waals surface area contributed by atoms with Gasteiger partial charge in [0.2, 0.25) is 0 Å². The number of hydrogen-bond donors (Lipinski definition) is 1. The van der Waals surface area contributed by atoms with E-state index >= 15 is 0 Å². The summed E-state index contributed by atoms with van der Waals surface area (Å²) in [6.45, 7) is 0. The predicted molar refractivity (Wildman–Crippen MR) is 58.2 cm³/mol. The maximum atomic E-state index is 9.22. The molecule has 0 fully saturated rings. The van der Waals surface area contributed by atoms with Gasteiger partial charge in [-0.2, -0.15) is 10.5 Å². The third kappa shape index (κ3) is 2.84. The average molecular weight is 214 g/mol. The van der Waals surface area contributed by atoms with Gasteiger partial charge >= 0.3 is 0 Å². The van der Waals surface area contributed by atoms with E-state index in [-0.39, 0.29) is 5.57 Å². The lowest BCUT2D eigenvalue weighted by Crippen LogP contribution is -2.04. The van der Waals surface area contributed by atoms with E-state index in [1.54, 1.807) is 36.4 Å². The van der Waals surface area contributed by atoms with Crippen LogP contribution in [0, 0.1) is 22.7 Å². The fourth-order valence-electron chi connectivity index (χ4n) is 1.15. The van der Waals surface area contributed by atoms with Gasteiger partial charge in [0.15, 0.2) is 6.10 Å². The fraction of sp³-hybridized carbons (Fsp3) is 0.167. The van der Waals surface area contributed by atoms with E-state index in [1.165, 1.54) is 13.2 Å². The molecule has 0 aromatic heterocycles. The van der Waals surface area contributed by atoms with E-state index < -0.39 is 6.10 Å². The Morgan fingerprint density at radius 3 is 2.81 bits per heavy atom. The van der Waals surface area contributed by atoms with Crippen LogP contribution in [0.1, 0.15) is 5.56 Å². The lowest BCUT2D eigenvalue weighted by Gasteiger charge is -2.02. The lowest BCUT2D eigenvalue weighted by atomic mass is 10.1. The minimum Gasteiger partial charge on any atom is -0.497 e. The van der Waals surface area contributed by atoms with Crippen LogP contribution in [0.25, 0.3) is 6.08 Å². The molecule has 0 amide bonds. The summed E-state index contributed by atoms with van der Waals surface area (Å²) in [5.41, 5.74) is 0.709. The highest BCUT2D eigenvalue weighted by atomic mass is 16.5. The molecule has 4 nitrogen and oxygen atoms in total. The fourth-order valence-corrected chi connectivity index (χ4v) is 1.15. The van der Waals surface area contributed by atoms with Crippen LogP contribution in [0.3, 0.4) is 0 Å². The van der Waals surface area contributed by atoms with Gasteiger partial charge < -0.3 is 9.84 Å². The minimum atomic E-state index is -1.39. The Hall–Kier alpha value is -2.30. The van der Waals surface area contributed by atoms with Crippen molar-refractivity contribution < 1.29 is 9.84 Å². The Kier molecular flexibility index (Phi) is 4.08.